The van der Waals surface area contributed by atoms with Crippen LogP contribution in [0.15, 0.2) is 35.9 Å². The van der Waals surface area contributed by atoms with Gasteiger partial charge in [0.05, 0.1) is 18.3 Å². The zero-order valence-electron chi connectivity index (χ0n) is 13.6. The minimum Gasteiger partial charge on any atom is -0.382 e. The molecule has 116 valence electrons. The zero-order chi connectivity index (χ0) is 15.3. The van der Waals surface area contributed by atoms with Gasteiger partial charge in [-0.05, 0) is 26.3 Å². The van der Waals surface area contributed by atoms with E-state index in [9.17, 15) is 0 Å². The molecule has 0 amide bonds. The number of methoxy groups -OCH3 is 1. The Balaban J connectivity index is 1.99. The summed E-state index contributed by atoms with van der Waals surface area (Å²) in [4.78, 5) is 2.46. The molecular formula is C18H27NO2. The summed E-state index contributed by atoms with van der Waals surface area (Å²) in [6, 6.07) is 10.5. The third kappa shape index (κ3) is 5.27. The van der Waals surface area contributed by atoms with Gasteiger partial charge in [-0.25, -0.2) is 0 Å². The van der Waals surface area contributed by atoms with Crippen LogP contribution in [0.2, 0.25) is 0 Å². The van der Waals surface area contributed by atoms with E-state index in [0.717, 1.165) is 19.6 Å². The molecule has 0 bridgehead atoms. The standard InChI is InChI=1S/C18H27NO2/c1-15(10-16-8-6-5-7-9-16)11-19-12-17(13-20-4)21-18(2,3)14-19/h5-10,17H,11-14H2,1-4H3. The smallest absolute Gasteiger partial charge is 0.0942 e. The van der Waals surface area contributed by atoms with E-state index in [1.165, 1.54) is 11.1 Å². The summed E-state index contributed by atoms with van der Waals surface area (Å²) in [5.41, 5.74) is 2.51. The third-order valence-electron chi connectivity index (χ3n) is 3.59. The van der Waals surface area contributed by atoms with Crippen molar-refractivity contribution in [3.05, 3.63) is 41.5 Å². The van der Waals surface area contributed by atoms with Crippen molar-refractivity contribution in [3.63, 3.8) is 0 Å². The molecule has 1 unspecified atom stereocenters. The molecule has 0 radical (unpaired) electrons. The van der Waals surface area contributed by atoms with Gasteiger partial charge in [-0.3, -0.25) is 4.90 Å². The van der Waals surface area contributed by atoms with Gasteiger partial charge in [0.1, 0.15) is 0 Å². The summed E-state index contributed by atoms with van der Waals surface area (Å²) in [5.74, 6) is 0. The molecule has 3 nitrogen and oxygen atoms in total. The Hall–Kier alpha value is -1.16. The second kappa shape index (κ2) is 7.21. The Morgan fingerprint density at radius 1 is 1.38 bits per heavy atom. The monoisotopic (exact) mass is 289 g/mol. The van der Waals surface area contributed by atoms with Crippen molar-refractivity contribution in [2.45, 2.75) is 32.5 Å². The fourth-order valence-corrected chi connectivity index (χ4v) is 3.04. The maximum Gasteiger partial charge on any atom is 0.0942 e. The van der Waals surface area contributed by atoms with Crippen molar-refractivity contribution in [2.75, 3.05) is 33.4 Å². The quantitative estimate of drug-likeness (QED) is 0.831. The molecule has 0 aromatic heterocycles. The number of nitrogens with zero attached hydrogens (tertiary/aromatic N) is 1. The Labute approximate surface area is 128 Å². The zero-order valence-corrected chi connectivity index (χ0v) is 13.6. The normalized spacial score (nSPS) is 23.2. The molecule has 1 fully saturated rings. The highest BCUT2D eigenvalue weighted by atomic mass is 16.5. The molecule has 1 aliphatic heterocycles. The minimum atomic E-state index is -0.117. The molecular weight excluding hydrogens is 262 g/mol. The Kier molecular flexibility index (Phi) is 5.57. The predicted octanol–water partition coefficient (Wildman–Crippen LogP) is 3.22. The largest absolute Gasteiger partial charge is 0.382 e. The number of hydrogen-bond donors (Lipinski definition) is 0. The molecule has 1 saturated heterocycles. The number of ether oxygens (including phenoxy) is 2. The lowest BCUT2D eigenvalue weighted by Gasteiger charge is -2.42. The van der Waals surface area contributed by atoms with E-state index < -0.39 is 0 Å². The van der Waals surface area contributed by atoms with E-state index in [4.69, 9.17) is 9.47 Å². The molecule has 0 saturated carbocycles. The second-order valence-electron chi connectivity index (χ2n) is 6.53. The number of hydrogen-bond acceptors (Lipinski definition) is 3. The van der Waals surface area contributed by atoms with Crippen LogP contribution in [0, 0.1) is 0 Å². The van der Waals surface area contributed by atoms with Gasteiger partial charge in [0.25, 0.3) is 0 Å². The molecule has 3 heteroatoms. The SMILES string of the molecule is COCC1CN(CC(C)=Cc2ccccc2)CC(C)(C)O1. The number of rotatable bonds is 5. The molecule has 1 atom stereocenters. The van der Waals surface area contributed by atoms with Gasteiger partial charge in [-0.1, -0.05) is 42.0 Å². The van der Waals surface area contributed by atoms with Crippen LogP contribution in [0.1, 0.15) is 26.3 Å². The van der Waals surface area contributed by atoms with Gasteiger partial charge in [-0.15, -0.1) is 0 Å². The van der Waals surface area contributed by atoms with Gasteiger partial charge in [-0.2, -0.15) is 0 Å². The van der Waals surface area contributed by atoms with E-state index in [1.807, 2.05) is 6.07 Å². The first kappa shape index (κ1) is 16.2. The van der Waals surface area contributed by atoms with Crippen molar-refractivity contribution in [1.29, 1.82) is 0 Å². The van der Waals surface area contributed by atoms with Crippen LogP contribution in [0.25, 0.3) is 6.08 Å². The number of morpholine rings is 1. The summed E-state index contributed by atoms with van der Waals surface area (Å²) < 4.78 is 11.3. The topological polar surface area (TPSA) is 21.7 Å². The van der Waals surface area contributed by atoms with Gasteiger partial charge < -0.3 is 9.47 Å². The first-order chi connectivity index (χ1) is 9.98. The molecule has 2 rings (SSSR count). The van der Waals surface area contributed by atoms with Crippen molar-refractivity contribution < 1.29 is 9.47 Å². The third-order valence-corrected chi connectivity index (χ3v) is 3.59. The maximum absolute atomic E-state index is 6.06. The van der Waals surface area contributed by atoms with E-state index >= 15 is 0 Å². The van der Waals surface area contributed by atoms with Gasteiger partial charge >= 0.3 is 0 Å². The Morgan fingerprint density at radius 2 is 2.10 bits per heavy atom. The van der Waals surface area contributed by atoms with Crippen molar-refractivity contribution in [3.8, 4) is 0 Å². The van der Waals surface area contributed by atoms with Crippen LogP contribution >= 0.6 is 0 Å². The van der Waals surface area contributed by atoms with Crippen LogP contribution in [0.4, 0.5) is 0 Å². The molecule has 1 heterocycles. The Morgan fingerprint density at radius 3 is 2.76 bits per heavy atom. The highest BCUT2D eigenvalue weighted by Crippen LogP contribution is 2.22. The molecule has 0 N–H and O–H groups in total. The van der Waals surface area contributed by atoms with Crippen molar-refractivity contribution in [1.82, 2.24) is 4.90 Å². The van der Waals surface area contributed by atoms with Crippen LogP contribution in [-0.2, 0) is 9.47 Å². The fraction of sp³-hybridized carbons (Fsp3) is 0.556. The molecule has 1 aromatic carbocycles. The molecule has 0 aliphatic carbocycles. The maximum atomic E-state index is 6.06. The summed E-state index contributed by atoms with van der Waals surface area (Å²) in [6.45, 7) is 10.0. The van der Waals surface area contributed by atoms with Crippen LogP contribution < -0.4 is 0 Å². The highest BCUT2D eigenvalue weighted by Gasteiger charge is 2.33. The van der Waals surface area contributed by atoms with Gasteiger partial charge in [0.15, 0.2) is 0 Å². The highest BCUT2D eigenvalue weighted by molar-refractivity contribution is 5.52. The summed E-state index contributed by atoms with van der Waals surface area (Å²) in [7, 11) is 1.73. The first-order valence-electron chi connectivity index (χ1n) is 7.60. The van der Waals surface area contributed by atoms with Crippen LogP contribution in [0.3, 0.4) is 0 Å². The second-order valence-corrected chi connectivity index (χ2v) is 6.53. The summed E-state index contributed by atoms with van der Waals surface area (Å²) in [5, 5.41) is 0. The van der Waals surface area contributed by atoms with E-state index in [0.29, 0.717) is 6.61 Å². The van der Waals surface area contributed by atoms with Gasteiger partial charge in [0.2, 0.25) is 0 Å². The average molecular weight is 289 g/mol. The summed E-state index contributed by atoms with van der Waals surface area (Å²) in [6.07, 6.45) is 2.41. The van der Waals surface area contributed by atoms with E-state index in [-0.39, 0.29) is 11.7 Å². The van der Waals surface area contributed by atoms with Crippen LogP contribution in [0.5, 0.6) is 0 Å². The average Bonchev–Trinajstić information content (AvgIpc) is 2.38. The van der Waals surface area contributed by atoms with E-state index in [1.54, 1.807) is 7.11 Å². The van der Waals surface area contributed by atoms with Crippen molar-refractivity contribution in [2.24, 2.45) is 0 Å². The fourth-order valence-electron chi connectivity index (χ4n) is 3.04. The summed E-state index contributed by atoms with van der Waals surface area (Å²) >= 11 is 0. The first-order valence-corrected chi connectivity index (χ1v) is 7.60. The van der Waals surface area contributed by atoms with Gasteiger partial charge in [0, 0.05) is 26.7 Å². The molecule has 1 aromatic rings. The van der Waals surface area contributed by atoms with Crippen LogP contribution in [-0.4, -0.2) is 50.0 Å². The lowest BCUT2D eigenvalue weighted by Crippen LogP contribution is -2.54. The predicted molar refractivity (Wildman–Crippen MR) is 87.4 cm³/mol. The lowest BCUT2D eigenvalue weighted by atomic mass is 10.0. The molecule has 21 heavy (non-hydrogen) atoms. The number of benzene rings is 1. The van der Waals surface area contributed by atoms with Crippen molar-refractivity contribution >= 4 is 6.08 Å². The minimum absolute atomic E-state index is 0.117. The lowest BCUT2D eigenvalue weighted by molar-refractivity contribution is -0.150. The van der Waals surface area contributed by atoms with E-state index in [2.05, 4.69) is 56.0 Å². The molecule has 0 spiro atoms. The molecule has 1 aliphatic rings. The Bertz CT molecular complexity index is 467.